The lowest BCUT2D eigenvalue weighted by atomic mass is 10.1. The molecule has 1 N–H and O–H groups in total. The molecule has 1 aromatic heterocycles. The minimum atomic E-state index is -0.0381. The van der Waals surface area contributed by atoms with Crippen LogP contribution in [0, 0.1) is 11.7 Å². The third-order valence-corrected chi connectivity index (χ3v) is 4.81. The topological polar surface area (TPSA) is 20.2 Å². The molecule has 1 fully saturated rings. The normalized spacial score (nSPS) is 15.3. The van der Waals surface area contributed by atoms with E-state index in [9.17, 15) is 4.39 Å². The van der Waals surface area contributed by atoms with Gasteiger partial charge < -0.3 is 4.57 Å². The first kappa shape index (κ1) is 16.8. The van der Waals surface area contributed by atoms with Crippen LogP contribution in [0.5, 0.6) is 0 Å². The van der Waals surface area contributed by atoms with Crippen LogP contribution >= 0.6 is 12.1 Å². The summed E-state index contributed by atoms with van der Waals surface area (Å²) in [7, 11) is 4.00. The fraction of sp³-hybridized carbons (Fsp3) is 0.556. The van der Waals surface area contributed by atoms with E-state index >= 15 is 0 Å². The van der Waals surface area contributed by atoms with E-state index in [0.29, 0.717) is 11.8 Å². The van der Waals surface area contributed by atoms with E-state index in [1.54, 1.807) is 18.2 Å². The van der Waals surface area contributed by atoms with E-state index in [-0.39, 0.29) is 5.82 Å². The maximum atomic E-state index is 14.5. The van der Waals surface area contributed by atoms with Crippen LogP contribution in [0.1, 0.15) is 43.7 Å². The number of fused-ring (bicyclic) bond motifs is 1. The molecule has 1 heterocycles. The number of hydrogen-bond acceptors (Lipinski definition) is 3. The van der Waals surface area contributed by atoms with E-state index in [1.165, 1.54) is 5.52 Å². The summed E-state index contributed by atoms with van der Waals surface area (Å²) in [6.07, 6.45) is 4.44. The predicted octanol–water partition coefficient (Wildman–Crippen LogP) is 4.53. The quantitative estimate of drug-likeness (QED) is 0.751. The van der Waals surface area contributed by atoms with E-state index in [2.05, 4.69) is 35.4 Å². The van der Waals surface area contributed by atoms with Crippen molar-refractivity contribution >= 4 is 23.0 Å². The van der Waals surface area contributed by atoms with Gasteiger partial charge in [0.05, 0.1) is 0 Å². The van der Waals surface area contributed by atoms with Gasteiger partial charge in [0.25, 0.3) is 0 Å². The second-order valence-electron chi connectivity index (χ2n) is 7.09. The van der Waals surface area contributed by atoms with Crippen molar-refractivity contribution in [2.75, 3.05) is 14.1 Å². The zero-order valence-electron chi connectivity index (χ0n) is 14.4. The van der Waals surface area contributed by atoms with Crippen LogP contribution in [0.25, 0.3) is 10.9 Å². The average molecular weight is 335 g/mol. The van der Waals surface area contributed by atoms with Crippen LogP contribution in [-0.4, -0.2) is 23.0 Å². The molecule has 0 unspecified atom stereocenters. The Kier molecular flexibility index (Phi) is 4.99. The Hall–Kier alpha value is -1.04. The maximum Gasteiger partial charge on any atom is 0.127 e. The minimum Gasteiger partial charge on any atom is -0.347 e. The zero-order chi connectivity index (χ0) is 16.6. The fourth-order valence-electron chi connectivity index (χ4n) is 3.03. The van der Waals surface area contributed by atoms with Crippen LogP contribution in [-0.2, 0) is 13.1 Å². The van der Waals surface area contributed by atoms with Gasteiger partial charge in [-0.25, -0.2) is 13.4 Å². The molecule has 0 aliphatic heterocycles. The van der Waals surface area contributed by atoms with Crippen molar-refractivity contribution in [3.05, 3.63) is 35.3 Å². The number of benzene rings is 1. The number of aromatic nitrogens is 1. The van der Waals surface area contributed by atoms with E-state index in [0.717, 1.165) is 42.4 Å². The van der Waals surface area contributed by atoms with Gasteiger partial charge in [0.2, 0.25) is 0 Å². The van der Waals surface area contributed by atoms with Gasteiger partial charge in [-0.1, -0.05) is 13.8 Å². The van der Waals surface area contributed by atoms with Crippen molar-refractivity contribution < 1.29 is 4.39 Å². The molecular formula is C18H26FN3S. The Balaban J connectivity index is 1.96. The Bertz CT molecular complexity index is 689. The van der Waals surface area contributed by atoms with Crippen molar-refractivity contribution in [3.8, 4) is 0 Å². The molecule has 0 amide bonds. The lowest BCUT2D eigenvalue weighted by Gasteiger charge is -2.09. The van der Waals surface area contributed by atoms with Crippen LogP contribution in [0.15, 0.2) is 18.3 Å². The molecule has 23 heavy (non-hydrogen) atoms. The second kappa shape index (κ2) is 6.83. The third kappa shape index (κ3) is 3.90. The van der Waals surface area contributed by atoms with Crippen molar-refractivity contribution in [3.63, 3.8) is 0 Å². The highest BCUT2D eigenvalue weighted by Gasteiger charge is 2.27. The van der Waals surface area contributed by atoms with Gasteiger partial charge in [0, 0.05) is 42.3 Å². The van der Waals surface area contributed by atoms with Crippen molar-refractivity contribution in [2.45, 2.75) is 45.7 Å². The molecule has 3 rings (SSSR count). The SMILES string of the molecule is CC(C)Cn1cc(CNSN(C)C)c2cc(F)c(C3CC3)cc21. The highest BCUT2D eigenvalue weighted by molar-refractivity contribution is 7.95. The van der Waals surface area contributed by atoms with Crippen LogP contribution < -0.4 is 4.72 Å². The molecule has 2 aromatic rings. The number of nitrogens with one attached hydrogen (secondary N) is 1. The lowest BCUT2D eigenvalue weighted by Crippen LogP contribution is -2.12. The van der Waals surface area contributed by atoms with Gasteiger partial charge >= 0.3 is 0 Å². The number of hydrogen-bond donors (Lipinski definition) is 1. The zero-order valence-corrected chi connectivity index (χ0v) is 15.2. The van der Waals surface area contributed by atoms with Gasteiger partial charge in [-0.2, -0.15) is 0 Å². The summed E-state index contributed by atoms with van der Waals surface area (Å²) < 4.78 is 22.1. The van der Waals surface area contributed by atoms with E-state index in [4.69, 9.17) is 0 Å². The first-order valence-electron chi connectivity index (χ1n) is 8.34. The molecule has 1 aliphatic carbocycles. The van der Waals surface area contributed by atoms with Crippen LogP contribution in [0.4, 0.5) is 4.39 Å². The minimum absolute atomic E-state index is 0.0381. The van der Waals surface area contributed by atoms with Crippen molar-refractivity contribution in [1.29, 1.82) is 0 Å². The molecule has 3 nitrogen and oxygen atoms in total. The van der Waals surface area contributed by atoms with Gasteiger partial charge in [0.15, 0.2) is 0 Å². The first-order valence-corrected chi connectivity index (χ1v) is 9.11. The molecule has 1 aromatic carbocycles. The first-order chi connectivity index (χ1) is 11.0. The summed E-state index contributed by atoms with van der Waals surface area (Å²) in [5, 5.41) is 1.04. The van der Waals surface area contributed by atoms with E-state index < -0.39 is 0 Å². The Morgan fingerprint density at radius 2 is 2.09 bits per heavy atom. The molecule has 0 spiro atoms. The number of rotatable bonds is 7. The van der Waals surface area contributed by atoms with Gasteiger partial charge in [-0.05, 0) is 62.0 Å². The lowest BCUT2D eigenvalue weighted by molar-refractivity contribution is 0.534. The smallest absolute Gasteiger partial charge is 0.127 e. The third-order valence-electron chi connectivity index (χ3n) is 4.17. The predicted molar refractivity (Wildman–Crippen MR) is 96.8 cm³/mol. The molecule has 0 radical (unpaired) electrons. The highest BCUT2D eigenvalue weighted by atomic mass is 32.2. The van der Waals surface area contributed by atoms with Crippen LogP contribution in [0.2, 0.25) is 0 Å². The highest BCUT2D eigenvalue weighted by Crippen LogP contribution is 2.42. The van der Waals surface area contributed by atoms with Crippen molar-refractivity contribution in [1.82, 2.24) is 13.6 Å². The molecule has 0 bridgehead atoms. The molecular weight excluding hydrogens is 309 g/mol. The Morgan fingerprint density at radius 1 is 1.35 bits per heavy atom. The molecule has 126 valence electrons. The maximum absolute atomic E-state index is 14.5. The summed E-state index contributed by atoms with van der Waals surface area (Å²) in [5.74, 6) is 0.966. The average Bonchev–Trinajstić information content (AvgIpc) is 3.24. The summed E-state index contributed by atoms with van der Waals surface area (Å²) in [5.41, 5.74) is 3.24. The van der Waals surface area contributed by atoms with Gasteiger partial charge in [-0.3, -0.25) is 0 Å². The molecule has 1 saturated carbocycles. The molecule has 0 saturated heterocycles. The summed E-state index contributed by atoms with van der Waals surface area (Å²) in [6, 6.07) is 3.84. The van der Waals surface area contributed by atoms with Gasteiger partial charge in [-0.15, -0.1) is 0 Å². The second-order valence-corrected chi connectivity index (χ2v) is 8.29. The fourth-order valence-corrected chi connectivity index (χ4v) is 3.51. The van der Waals surface area contributed by atoms with Crippen LogP contribution in [0.3, 0.4) is 0 Å². The Morgan fingerprint density at radius 3 is 2.70 bits per heavy atom. The summed E-state index contributed by atoms with van der Waals surface area (Å²) in [6.45, 7) is 6.13. The van der Waals surface area contributed by atoms with Crippen molar-refractivity contribution in [2.24, 2.45) is 5.92 Å². The standard InChI is InChI=1S/C18H26FN3S/c1-12(2)10-22-11-14(9-20-23-21(3)4)16-7-17(19)15(8-18(16)22)13-5-6-13/h7-8,11-13,20H,5-6,9-10H2,1-4H3. The number of nitrogens with zero attached hydrogens (tertiary/aromatic N) is 2. The summed E-state index contributed by atoms with van der Waals surface area (Å²) >= 11 is 1.56. The van der Waals surface area contributed by atoms with E-state index in [1.807, 2.05) is 18.4 Å². The molecule has 0 atom stereocenters. The molecule has 1 aliphatic rings. The largest absolute Gasteiger partial charge is 0.347 e. The van der Waals surface area contributed by atoms with Gasteiger partial charge in [0.1, 0.15) is 5.82 Å². The molecule has 5 heteroatoms. The monoisotopic (exact) mass is 335 g/mol. The Labute approximate surface area is 142 Å². The number of halogens is 1. The summed E-state index contributed by atoms with van der Waals surface area (Å²) in [4.78, 5) is 0.